The monoisotopic (exact) mass is 389 g/mol. The molecule has 2 aromatic carbocycles. The molecule has 0 unspecified atom stereocenters. The van der Waals surface area contributed by atoms with Gasteiger partial charge in [-0.05, 0) is 48.0 Å². The molecule has 2 heterocycles. The van der Waals surface area contributed by atoms with E-state index in [0.29, 0.717) is 5.56 Å². The largest absolute Gasteiger partial charge is 0.497 e. The summed E-state index contributed by atoms with van der Waals surface area (Å²) in [6.07, 6.45) is 3.32. The molecule has 3 aromatic rings. The molecule has 0 spiro atoms. The van der Waals surface area contributed by atoms with E-state index in [1.54, 1.807) is 19.5 Å². The molecule has 1 amide bonds. The minimum Gasteiger partial charge on any atom is -0.497 e. The average Bonchev–Trinajstić information content (AvgIpc) is 2.80. The topological polar surface area (TPSA) is 63.7 Å². The molecule has 0 radical (unpaired) electrons. The fraction of sp³-hybridized carbons (Fsp3) is 0.217. The molecule has 0 atom stereocenters. The summed E-state index contributed by atoms with van der Waals surface area (Å²) in [4.78, 5) is 19.2. The van der Waals surface area contributed by atoms with Crippen molar-refractivity contribution < 1.29 is 14.3 Å². The molecular formula is C23H23N3O3. The van der Waals surface area contributed by atoms with Crippen molar-refractivity contribution in [3.63, 3.8) is 0 Å². The Morgan fingerprint density at radius 1 is 1.00 bits per heavy atom. The molecule has 1 aliphatic heterocycles. The van der Waals surface area contributed by atoms with Gasteiger partial charge >= 0.3 is 0 Å². The number of anilines is 2. The lowest BCUT2D eigenvalue weighted by Crippen LogP contribution is -2.36. The van der Waals surface area contributed by atoms with E-state index in [1.165, 1.54) is 0 Å². The number of carbonyl (C=O) groups is 1. The second kappa shape index (κ2) is 8.75. The van der Waals surface area contributed by atoms with Crippen LogP contribution >= 0.6 is 0 Å². The van der Waals surface area contributed by atoms with Crippen molar-refractivity contribution in [1.82, 2.24) is 4.98 Å². The van der Waals surface area contributed by atoms with Crippen molar-refractivity contribution in [2.45, 2.75) is 0 Å². The van der Waals surface area contributed by atoms with Gasteiger partial charge in [0.05, 0.1) is 25.9 Å². The molecule has 0 aliphatic carbocycles. The van der Waals surface area contributed by atoms with Gasteiger partial charge in [0, 0.05) is 42.4 Å². The third-order valence-electron chi connectivity index (χ3n) is 4.93. The summed E-state index contributed by atoms with van der Waals surface area (Å²) in [6.45, 7) is 3.26. The minimum atomic E-state index is -0.188. The Bertz CT molecular complexity index is 965. The van der Waals surface area contributed by atoms with Crippen molar-refractivity contribution in [2.24, 2.45) is 0 Å². The van der Waals surface area contributed by atoms with Crippen LogP contribution in [-0.4, -0.2) is 44.3 Å². The van der Waals surface area contributed by atoms with Crippen LogP contribution in [0.15, 0.2) is 67.0 Å². The van der Waals surface area contributed by atoms with Gasteiger partial charge in [-0.25, -0.2) is 0 Å². The van der Waals surface area contributed by atoms with Gasteiger partial charge in [-0.15, -0.1) is 0 Å². The number of carbonyl (C=O) groups excluding carboxylic acids is 1. The van der Waals surface area contributed by atoms with Crippen LogP contribution in [0.4, 0.5) is 11.4 Å². The summed E-state index contributed by atoms with van der Waals surface area (Å²) in [6, 6.07) is 17.4. The number of pyridine rings is 1. The van der Waals surface area contributed by atoms with E-state index in [4.69, 9.17) is 9.47 Å². The SMILES string of the molecule is COc1ccc(-c2cncc(C(=O)Nc3ccc(N4CCOCC4)cc3)c2)cc1. The number of nitrogens with one attached hydrogen (secondary N) is 1. The number of aromatic nitrogens is 1. The van der Waals surface area contributed by atoms with E-state index in [-0.39, 0.29) is 5.91 Å². The lowest BCUT2D eigenvalue weighted by molar-refractivity contribution is 0.102. The second-order valence-electron chi connectivity index (χ2n) is 6.79. The third kappa shape index (κ3) is 4.55. The van der Waals surface area contributed by atoms with Gasteiger partial charge in [-0.2, -0.15) is 0 Å². The molecule has 148 valence electrons. The Labute approximate surface area is 170 Å². The van der Waals surface area contributed by atoms with E-state index >= 15 is 0 Å². The highest BCUT2D eigenvalue weighted by atomic mass is 16.5. The third-order valence-corrected chi connectivity index (χ3v) is 4.93. The zero-order chi connectivity index (χ0) is 20.1. The lowest BCUT2D eigenvalue weighted by atomic mass is 10.1. The van der Waals surface area contributed by atoms with Gasteiger partial charge in [0.2, 0.25) is 0 Å². The van der Waals surface area contributed by atoms with Crippen molar-refractivity contribution >= 4 is 17.3 Å². The van der Waals surface area contributed by atoms with Crippen LogP contribution in [-0.2, 0) is 4.74 Å². The number of methoxy groups -OCH3 is 1. The molecule has 1 fully saturated rings. The number of nitrogens with zero attached hydrogens (tertiary/aromatic N) is 2. The fourth-order valence-electron chi connectivity index (χ4n) is 3.29. The van der Waals surface area contributed by atoms with Crippen LogP contribution in [0.5, 0.6) is 5.75 Å². The van der Waals surface area contributed by atoms with Crippen LogP contribution in [0.1, 0.15) is 10.4 Å². The van der Waals surface area contributed by atoms with Crippen LogP contribution < -0.4 is 15.0 Å². The Kier molecular flexibility index (Phi) is 5.72. The Morgan fingerprint density at radius 2 is 1.72 bits per heavy atom. The molecular weight excluding hydrogens is 366 g/mol. The molecule has 0 saturated carbocycles. The second-order valence-corrected chi connectivity index (χ2v) is 6.79. The van der Waals surface area contributed by atoms with Crippen molar-refractivity contribution in [1.29, 1.82) is 0 Å². The maximum absolute atomic E-state index is 12.7. The molecule has 4 rings (SSSR count). The van der Waals surface area contributed by atoms with E-state index in [9.17, 15) is 4.79 Å². The summed E-state index contributed by atoms with van der Waals surface area (Å²) in [7, 11) is 1.63. The normalized spacial score (nSPS) is 13.8. The number of amides is 1. The van der Waals surface area contributed by atoms with Gasteiger partial charge in [0.1, 0.15) is 5.75 Å². The molecule has 6 heteroatoms. The summed E-state index contributed by atoms with van der Waals surface area (Å²) >= 11 is 0. The molecule has 1 N–H and O–H groups in total. The van der Waals surface area contributed by atoms with Crippen LogP contribution in [0.25, 0.3) is 11.1 Å². The van der Waals surface area contributed by atoms with Gasteiger partial charge in [-0.1, -0.05) is 12.1 Å². The van der Waals surface area contributed by atoms with E-state index in [0.717, 1.165) is 54.6 Å². The predicted molar refractivity (Wildman–Crippen MR) is 114 cm³/mol. The molecule has 6 nitrogen and oxygen atoms in total. The average molecular weight is 389 g/mol. The van der Waals surface area contributed by atoms with Crippen molar-refractivity contribution in [2.75, 3.05) is 43.6 Å². The zero-order valence-electron chi connectivity index (χ0n) is 16.3. The Morgan fingerprint density at radius 3 is 2.41 bits per heavy atom. The standard InChI is InChI=1S/C23H23N3O3/c1-28-22-8-2-17(3-9-22)18-14-19(16-24-15-18)23(27)25-20-4-6-21(7-5-20)26-10-12-29-13-11-26/h2-9,14-16H,10-13H2,1H3,(H,25,27). The number of rotatable bonds is 5. The fourth-order valence-corrected chi connectivity index (χ4v) is 3.29. The number of hydrogen-bond acceptors (Lipinski definition) is 5. The van der Waals surface area contributed by atoms with Crippen LogP contribution in [0, 0.1) is 0 Å². The number of ether oxygens (including phenoxy) is 2. The molecule has 29 heavy (non-hydrogen) atoms. The van der Waals surface area contributed by atoms with E-state index in [2.05, 4.69) is 15.2 Å². The first-order valence-corrected chi connectivity index (χ1v) is 9.56. The maximum Gasteiger partial charge on any atom is 0.257 e. The van der Waals surface area contributed by atoms with Crippen molar-refractivity contribution in [3.05, 3.63) is 72.6 Å². The van der Waals surface area contributed by atoms with Gasteiger partial charge in [0.25, 0.3) is 5.91 Å². The zero-order valence-corrected chi connectivity index (χ0v) is 16.3. The Balaban J connectivity index is 1.45. The number of benzene rings is 2. The predicted octanol–water partition coefficient (Wildman–Crippen LogP) is 3.85. The summed E-state index contributed by atoms with van der Waals surface area (Å²) in [5.41, 5.74) is 4.25. The number of morpholine rings is 1. The highest BCUT2D eigenvalue weighted by molar-refractivity contribution is 6.04. The number of hydrogen-bond donors (Lipinski definition) is 1. The summed E-state index contributed by atoms with van der Waals surface area (Å²) < 4.78 is 10.6. The Hall–Kier alpha value is -3.38. The molecule has 1 saturated heterocycles. The summed E-state index contributed by atoms with van der Waals surface area (Å²) in [5.74, 6) is 0.600. The van der Waals surface area contributed by atoms with Gasteiger partial charge in [0.15, 0.2) is 0 Å². The maximum atomic E-state index is 12.7. The van der Waals surface area contributed by atoms with Crippen LogP contribution in [0.3, 0.4) is 0 Å². The van der Waals surface area contributed by atoms with Gasteiger partial charge in [-0.3, -0.25) is 9.78 Å². The molecule has 1 aliphatic rings. The van der Waals surface area contributed by atoms with E-state index in [1.807, 2.05) is 54.6 Å². The van der Waals surface area contributed by atoms with Gasteiger partial charge < -0.3 is 19.7 Å². The smallest absolute Gasteiger partial charge is 0.257 e. The minimum absolute atomic E-state index is 0.188. The first-order valence-electron chi connectivity index (χ1n) is 9.56. The highest BCUT2D eigenvalue weighted by Gasteiger charge is 2.12. The van der Waals surface area contributed by atoms with Crippen molar-refractivity contribution in [3.8, 4) is 16.9 Å². The molecule has 1 aromatic heterocycles. The first kappa shape index (κ1) is 19.0. The molecule has 0 bridgehead atoms. The summed E-state index contributed by atoms with van der Waals surface area (Å²) in [5, 5.41) is 2.94. The van der Waals surface area contributed by atoms with E-state index < -0.39 is 0 Å². The van der Waals surface area contributed by atoms with Crippen LogP contribution in [0.2, 0.25) is 0 Å². The quantitative estimate of drug-likeness (QED) is 0.718. The lowest BCUT2D eigenvalue weighted by Gasteiger charge is -2.28. The first-order chi connectivity index (χ1) is 14.2. The highest BCUT2D eigenvalue weighted by Crippen LogP contribution is 2.23.